The first-order valence-electron chi connectivity index (χ1n) is 7.43. The van der Waals surface area contributed by atoms with E-state index >= 15 is 0 Å². The Hall–Kier alpha value is -2.00. The third-order valence-corrected chi connectivity index (χ3v) is 5.41. The van der Waals surface area contributed by atoms with Gasteiger partial charge in [0, 0.05) is 0 Å². The van der Waals surface area contributed by atoms with Crippen molar-refractivity contribution < 1.29 is 9.90 Å². The molecular weight excluding hydrogens is 438 g/mol. The summed E-state index contributed by atoms with van der Waals surface area (Å²) in [7, 11) is 0. The summed E-state index contributed by atoms with van der Waals surface area (Å²) in [6, 6.07) is 8.83. The van der Waals surface area contributed by atoms with E-state index in [2.05, 4.69) is 15.0 Å². The van der Waals surface area contributed by atoms with Crippen LogP contribution in [-0.4, -0.2) is 40.5 Å². The van der Waals surface area contributed by atoms with Crippen LogP contribution in [0.5, 0.6) is 0 Å². The molecule has 0 saturated heterocycles. The predicted octanol–water partition coefficient (Wildman–Crippen LogP) is 3.89. The van der Waals surface area contributed by atoms with Gasteiger partial charge in [-0.2, -0.15) is 9.97 Å². The fourth-order valence-electron chi connectivity index (χ4n) is 2.56. The molecule has 0 aliphatic carbocycles. The van der Waals surface area contributed by atoms with Crippen LogP contribution in [0.1, 0.15) is 5.56 Å². The van der Waals surface area contributed by atoms with Crippen molar-refractivity contribution in [1.29, 1.82) is 0 Å². The number of nitrogens with two attached hydrogens (primary N) is 1. The van der Waals surface area contributed by atoms with Crippen LogP contribution in [0.4, 0.5) is 10.6 Å². The highest BCUT2D eigenvalue weighted by Gasteiger charge is 2.47. The molecule has 0 aliphatic rings. The maximum Gasteiger partial charge on any atom is 0.410 e. The largest absolute Gasteiger partial charge is 0.465 e. The van der Waals surface area contributed by atoms with E-state index < -0.39 is 16.1 Å². The maximum atomic E-state index is 12.0. The van der Waals surface area contributed by atoms with Gasteiger partial charge in [-0.1, -0.05) is 65.1 Å². The van der Waals surface area contributed by atoms with Gasteiger partial charge in [-0.05, 0) is 17.2 Å². The van der Waals surface area contributed by atoms with Crippen LogP contribution in [-0.2, 0) is 11.7 Å². The molecule has 2 heterocycles. The van der Waals surface area contributed by atoms with Crippen LogP contribution in [0.15, 0.2) is 36.7 Å². The number of benzene rings is 1. The van der Waals surface area contributed by atoms with E-state index in [-0.39, 0.29) is 28.8 Å². The number of alkyl halides is 3. The number of hydrogen-bond donors (Lipinski definition) is 2. The van der Waals surface area contributed by atoms with Gasteiger partial charge in [-0.25, -0.2) is 9.78 Å². The van der Waals surface area contributed by atoms with E-state index in [0.29, 0.717) is 5.56 Å². The summed E-state index contributed by atoms with van der Waals surface area (Å²) < 4.78 is 1.20. The van der Waals surface area contributed by atoms with Crippen molar-refractivity contribution in [2.45, 2.75) is 16.5 Å². The summed E-state index contributed by atoms with van der Waals surface area (Å²) in [6.07, 6.45) is -0.118. The molecule has 1 amide bonds. The molecule has 0 saturated carbocycles. The molecule has 3 aromatic rings. The average Bonchev–Trinajstić information content (AvgIpc) is 3.04. The molecule has 12 heteroatoms. The van der Waals surface area contributed by atoms with Crippen molar-refractivity contribution in [1.82, 2.24) is 24.4 Å². The van der Waals surface area contributed by atoms with Gasteiger partial charge in [0.25, 0.3) is 0 Å². The smallest absolute Gasteiger partial charge is 0.410 e. The first-order valence-corrected chi connectivity index (χ1v) is 9.06. The van der Waals surface area contributed by atoms with Gasteiger partial charge in [-0.3, -0.25) is 9.47 Å². The van der Waals surface area contributed by atoms with Crippen LogP contribution in [0.3, 0.4) is 0 Å². The molecule has 27 heavy (non-hydrogen) atoms. The number of halogens is 4. The molecular formula is C15H12Cl4N6O2. The highest BCUT2D eigenvalue weighted by molar-refractivity contribution is 6.49. The Morgan fingerprint density at radius 1 is 1.30 bits per heavy atom. The van der Waals surface area contributed by atoms with Crippen LogP contribution in [0.25, 0.3) is 11.2 Å². The number of anilines is 1. The first-order chi connectivity index (χ1) is 12.7. The van der Waals surface area contributed by atoms with Crippen LogP contribution in [0.2, 0.25) is 5.28 Å². The van der Waals surface area contributed by atoms with Gasteiger partial charge in [0.15, 0.2) is 16.3 Å². The zero-order valence-electron chi connectivity index (χ0n) is 13.4. The van der Waals surface area contributed by atoms with E-state index in [9.17, 15) is 9.90 Å². The second-order valence-corrected chi connectivity index (χ2v) is 7.45. The number of fused-ring (bicyclic) bond motifs is 1. The number of rotatable bonds is 5. The van der Waals surface area contributed by atoms with Crippen LogP contribution >= 0.6 is 46.4 Å². The number of nitrogens with zero attached hydrogens (tertiary/aromatic N) is 5. The fourth-order valence-corrected chi connectivity index (χ4v) is 3.43. The minimum atomic E-state index is -1.98. The highest BCUT2D eigenvalue weighted by atomic mass is 35.5. The molecule has 0 aliphatic heterocycles. The number of amides is 1. The molecule has 1 aromatic carbocycles. The molecule has 1 unspecified atom stereocenters. The minimum absolute atomic E-state index is 0.00777. The lowest BCUT2D eigenvalue weighted by molar-refractivity contribution is 0.0823. The molecule has 0 spiro atoms. The van der Waals surface area contributed by atoms with E-state index in [4.69, 9.17) is 52.1 Å². The fraction of sp³-hybridized carbons (Fsp3) is 0.200. The summed E-state index contributed by atoms with van der Waals surface area (Å²) in [4.78, 5) is 23.5. The number of carboxylic acid groups (broad SMARTS) is 1. The Morgan fingerprint density at radius 3 is 2.56 bits per heavy atom. The summed E-state index contributed by atoms with van der Waals surface area (Å²) in [6.45, 7) is -0.0937. The standard InChI is InChI=1S/C15H12Cl4N6O2/c16-12(17)15(19,24(14(26)27)6-8-4-2-1-3-5-8)25-7-21-9-10(20)22-13(18)23-11(9)25/h1-5,7,12H,6H2,(H,26,27)(H2,20,22,23). The number of imidazole rings is 1. The normalized spacial score (nSPS) is 13.7. The van der Waals surface area contributed by atoms with E-state index in [1.54, 1.807) is 30.3 Å². The van der Waals surface area contributed by atoms with Crippen LogP contribution < -0.4 is 5.73 Å². The summed E-state index contributed by atoms with van der Waals surface area (Å²) in [5.74, 6) is 0.00777. The lowest BCUT2D eigenvalue weighted by atomic mass is 10.2. The zero-order chi connectivity index (χ0) is 19.8. The van der Waals surface area contributed by atoms with Crippen molar-refractivity contribution in [3.8, 4) is 0 Å². The molecule has 3 N–H and O–H groups in total. The molecule has 2 aromatic heterocycles. The van der Waals surface area contributed by atoms with Gasteiger partial charge in [-0.15, -0.1) is 0 Å². The Morgan fingerprint density at radius 2 is 1.96 bits per heavy atom. The molecule has 1 atom stereocenters. The summed E-state index contributed by atoms with van der Waals surface area (Å²) >= 11 is 24.8. The van der Waals surface area contributed by atoms with Gasteiger partial charge >= 0.3 is 6.09 Å². The lowest BCUT2D eigenvalue weighted by Crippen LogP contribution is -2.52. The van der Waals surface area contributed by atoms with Crippen LogP contribution in [0, 0.1) is 0 Å². The third kappa shape index (κ3) is 3.58. The van der Waals surface area contributed by atoms with E-state index in [1.807, 2.05) is 0 Å². The van der Waals surface area contributed by atoms with E-state index in [0.717, 1.165) is 4.90 Å². The highest BCUT2D eigenvalue weighted by Crippen LogP contribution is 2.40. The number of carbonyl (C=O) groups is 1. The monoisotopic (exact) mass is 448 g/mol. The van der Waals surface area contributed by atoms with Gasteiger partial charge < -0.3 is 10.8 Å². The summed E-state index contributed by atoms with van der Waals surface area (Å²) in [5, 5.41) is 7.66. The second kappa shape index (κ2) is 7.55. The van der Waals surface area contributed by atoms with Gasteiger partial charge in [0.05, 0.1) is 6.54 Å². The molecule has 0 fully saturated rings. The average molecular weight is 450 g/mol. The molecule has 8 nitrogen and oxygen atoms in total. The van der Waals surface area contributed by atoms with Crippen molar-refractivity contribution in [2.75, 3.05) is 5.73 Å². The first kappa shape index (κ1) is 19.8. The molecule has 3 rings (SSSR count). The van der Waals surface area contributed by atoms with E-state index in [1.165, 1.54) is 10.9 Å². The third-order valence-electron chi connectivity index (χ3n) is 3.80. The number of aromatic nitrogens is 4. The Kier molecular flexibility index (Phi) is 5.53. The van der Waals surface area contributed by atoms with Crippen molar-refractivity contribution in [3.05, 3.63) is 47.5 Å². The van der Waals surface area contributed by atoms with Crippen molar-refractivity contribution in [2.24, 2.45) is 0 Å². The SMILES string of the molecule is Nc1nc(Cl)nc2c1ncn2C(Cl)(C(Cl)Cl)N(Cc1ccccc1)C(=O)O. The van der Waals surface area contributed by atoms with Crippen molar-refractivity contribution in [3.63, 3.8) is 0 Å². The summed E-state index contributed by atoms with van der Waals surface area (Å²) in [5.41, 5.74) is 6.75. The molecule has 142 valence electrons. The zero-order valence-corrected chi connectivity index (χ0v) is 16.5. The number of hydrogen-bond acceptors (Lipinski definition) is 5. The van der Waals surface area contributed by atoms with Gasteiger partial charge in [0.1, 0.15) is 11.8 Å². The lowest BCUT2D eigenvalue weighted by Gasteiger charge is -2.39. The quantitative estimate of drug-likeness (QED) is 0.347. The number of nitrogen functional groups attached to an aromatic ring is 1. The Bertz CT molecular complexity index is 983. The van der Waals surface area contributed by atoms with Gasteiger partial charge in [0.2, 0.25) is 10.4 Å². The Balaban J connectivity index is 2.18. The van der Waals surface area contributed by atoms with Crippen molar-refractivity contribution >= 4 is 69.5 Å². The molecule has 0 bridgehead atoms. The topological polar surface area (TPSA) is 110 Å². The Labute approximate surface area is 173 Å². The second-order valence-electron chi connectivity index (χ2n) is 5.46. The predicted molar refractivity (Wildman–Crippen MR) is 104 cm³/mol. The maximum absolute atomic E-state index is 12.0. The minimum Gasteiger partial charge on any atom is -0.465 e. The molecule has 0 radical (unpaired) electrons.